The van der Waals surface area contributed by atoms with Gasteiger partial charge in [0, 0.05) is 55.5 Å². The van der Waals surface area contributed by atoms with Crippen molar-refractivity contribution in [3.8, 4) is 11.3 Å². The van der Waals surface area contributed by atoms with Crippen LogP contribution in [0.25, 0.3) is 11.3 Å². The van der Waals surface area contributed by atoms with E-state index in [1.165, 1.54) is 0 Å². The molecule has 9 nitrogen and oxygen atoms in total. The third kappa shape index (κ3) is 7.13. The van der Waals surface area contributed by atoms with Crippen LogP contribution in [0, 0.1) is 5.92 Å². The lowest BCUT2D eigenvalue weighted by molar-refractivity contribution is -0.125. The minimum atomic E-state index is -0.232. The van der Waals surface area contributed by atoms with E-state index in [0.717, 1.165) is 36.5 Å². The molecule has 2 aromatic carbocycles. The number of hydrogen-bond donors (Lipinski definition) is 3. The highest BCUT2D eigenvalue weighted by atomic mass is 16.2. The van der Waals surface area contributed by atoms with Gasteiger partial charge in [0.25, 0.3) is 5.91 Å². The summed E-state index contributed by atoms with van der Waals surface area (Å²) < 4.78 is 0. The van der Waals surface area contributed by atoms with Crippen LogP contribution in [0.5, 0.6) is 0 Å². The van der Waals surface area contributed by atoms with Gasteiger partial charge in [0.15, 0.2) is 0 Å². The molecule has 1 aromatic heterocycles. The van der Waals surface area contributed by atoms with Gasteiger partial charge < -0.3 is 20.9 Å². The Morgan fingerprint density at radius 2 is 1.73 bits per heavy atom. The number of carbonyl (C=O) groups excluding carboxylic acids is 3. The molecular formula is C28H32N6O3. The number of piperidine rings is 1. The monoisotopic (exact) mass is 500 g/mol. The van der Waals surface area contributed by atoms with Gasteiger partial charge in [-0.2, -0.15) is 0 Å². The molecule has 3 aromatic rings. The first-order chi connectivity index (χ1) is 18.0. The van der Waals surface area contributed by atoms with Crippen LogP contribution in [0.2, 0.25) is 0 Å². The van der Waals surface area contributed by atoms with Crippen molar-refractivity contribution in [3.63, 3.8) is 0 Å². The van der Waals surface area contributed by atoms with Crippen LogP contribution in [0.4, 0.5) is 11.5 Å². The van der Waals surface area contributed by atoms with Crippen molar-refractivity contribution >= 4 is 29.2 Å². The van der Waals surface area contributed by atoms with E-state index in [0.29, 0.717) is 37.3 Å². The van der Waals surface area contributed by atoms with Crippen molar-refractivity contribution in [1.82, 2.24) is 20.6 Å². The largest absolute Gasteiger partial charge is 0.356 e. The number of nitrogens with one attached hydrogen (secondary N) is 3. The quantitative estimate of drug-likeness (QED) is 0.389. The van der Waals surface area contributed by atoms with E-state index < -0.39 is 0 Å². The summed E-state index contributed by atoms with van der Waals surface area (Å²) in [5.74, 6) is 0.337. The third-order valence-electron chi connectivity index (χ3n) is 6.30. The fourth-order valence-corrected chi connectivity index (χ4v) is 4.25. The minimum Gasteiger partial charge on any atom is -0.356 e. The lowest BCUT2D eigenvalue weighted by Crippen LogP contribution is -2.45. The molecule has 0 bridgehead atoms. The Morgan fingerprint density at radius 1 is 0.973 bits per heavy atom. The molecule has 1 aliphatic rings. The molecule has 37 heavy (non-hydrogen) atoms. The molecule has 1 saturated heterocycles. The van der Waals surface area contributed by atoms with Crippen molar-refractivity contribution < 1.29 is 14.4 Å². The van der Waals surface area contributed by atoms with Crippen LogP contribution >= 0.6 is 0 Å². The average Bonchev–Trinajstić information content (AvgIpc) is 2.96. The van der Waals surface area contributed by atoms with E-state index in [4.69, 9.17) is 0 Å². The van der Waals surface area contributed by atoms with E-state index in [9.17, 15) is 14.4 Å². The number of benzene rings is 2. The SMILES string of the molecule is CCC(=O)Nc1ccc(C(=O)NCCNC(=O)C2CCCN(c3cc(-c4ccccc4)ncn3)C2)cc1. The number of hydrogen-bond acceptors (Lipinski definition) is 6. The Kier molecular flexibility index (Phi) is 8.80. The molecule has 1 fully saturated rings. The fraction of sp³-hybridized carbons (Fsp3) is 0.321. The van der Waals surface area contributed by atoms with Gasteiger partial charge in [-0.05, 0) is 37.1 Å². The van der Waals surface area contributed by atoms with Crippen LogP contribution in [0.1, 0.15) is 36.5 Å². The van der Waals surface area contributed by atoms with Crippen molar-refractivity contribution in [2.75, 3.05) is 36.4 Å². The average molecular weight is 501 g/mol. The van der Waals surface area contributed by atoms with E-state index in [1.54, 1.807) is 37.5 Å². The zero-order chi connectivity index (χ0) is 26.0. The first kappa shape index (κ1) is 25.8. The molecular weight excluding hydrogens is 468 g/mol. The summed E-state index contributed by atoms with van der Waals surface area (Å²) in [6.07, 6.45) is 3.67. The van der Waals surface area contributed by atoms with Gasteiger partial charge in [-0.15, -0.1) is 0 Å². The fourth-order valence-electron chi connectivity index (χ4n) is 4.25. The Labute approximate surface area is 216 Å². The molecule has 1 aliphatic heterocycles. The summed E-state index contributed by atoms with van der Waals surface area (Å²) >= 11 is 0. The summed E-state index contributed by atoms with van der Waals surface area (Å²) in [7, 11) is 0. The molecule has 3 N–H and O–H groups in total. The summed E-state index contributed by atoms with van der Waals surface area (Å²) in [5, 5.41) is 8.51. The number of rotatable bonds is 9. The van der Waals surface area contributed by atoms with Gasteiger partial charge in [-0.3, -0.25) is 14.4 Å². The maximum Gasteiger partial charge on any atom is 0.251 e. The number of aromatic nitrogens is 2. The van der Waals surface area contributed by atoms with Gasteiger partial charge in [0.2, 0.25) is 11.8 Å². The van der Waals surface area contributed by atoms with Crippen LogP contribution in [-0.4, -0.2) is 53.9 Å². The Bertz CT molecular complexity index is 1220. The lowest BCUT2D eigenvalue weighted by atomic mass is 9.97. The van der Waals surface area contributed by atoms with E-state index >= 15 is 0 Å². The molecule has 192 valence electrons. The normalized spacial score (nSPS) is 15.1. The second kappa shape index (κ2) is 12.6. The van der Waals surface area contributed by atoms with Gasteiger partial charge in [0.05, 0.1) is 11.6 Å². The Balaban J connectivity index is 1.23. The first-order valence-electron chi connectivity index (χ1n) is 12.6. The van der Waals surface area contributed by atoms with Crippen molar-refractivity contribution in [2.24, 2.45) is 5.92 Å². The second-order valence-electron chi connectivity index (χ2n) is 8.94. The standard InChI is InChI=1S/C28H32N6O3/c1-2-26(35)33-23-12-10-21(11-13-23)27(36)29-14-15-30-28(37)22-9-6-16-34(18-22)25-17-24(31-19-32-25)20-7-4-3-5-8-20/h3-5,7-8,10-13,17,19,22H,2,6,9,14-16,18H2,1H3,(H,29,36)(H,30,37)(H,33,35). The molecule has 0 spiro atoms. The molecule has 4 rings (SSSR count). The van der Waals surface area contributed by atoms with Crippen LogP contribution in [-0.2, 0) is 9.59 Å². The Hall–Kier alpha value is -4.27. The minimum absolute atomic E-state index is 0.0210. The second-order valence-corrected chi connectivity index (χ2v) is 8.94. The predicted octanol–water partition coefficient (Wildman–Crippen LogP) is 3.25. The maximum atomic E-state index is 12.8. The summed E-state index contributed by atoms with van der Waals surface area (Å²) in [6.45, 7) is 3.87. The molecule has 9 heteroatoms. The third-order valence-corrected chi connectivity index (χ3v) is 6.30. The molecule has 2 heterocycles. The molecule has 1 unspecified atom stereocenters. The van der Waals surface area contributed by atoms with Crippen LogP contribution in [0.15, 0.2) is 67.0 Å². The van der Waals surface area contributed by atoms with Crippen molar-refractivity contribution in [2.45, 2.75) is 26.2 Å². The molecule has 1 atom stereocenters. The van der Waals surface area contributed by atoms with Crippen LogP contribution < -0.4 is 20.9 Å². The number of nitrogens with zero attached hydrogens (tertiary/aromatic N) is 3. The highest BCUT2D eigenvalue weighted by Crippen LogP contribution is 2.25. The molecule has 3 amide bonds. The smallest absolute Gasteiger partial charge is 0.251 e. The molecule has 0 saturated carbocycles. The van der Waals surface area contributed by atoms with Gasteiger partial charge in [-0.1, -0.05) is 37.3 Å². The van der Waals surface area contributed by atoms with Gasteiger partial charge >= 0.3 is 0 Å². The van der Waals surface area contributed by atoms with E-state index in [2.05, 4.69) is 30.8 Å². The zero-order valence-corrected chi connectivity index (χ0v) is 20.9. The predicted molar refractivity (Wildman–Crippen MR) is 143 cm³/mol. The first-order valence-corrected chi connectivity index (χ1v) is 12.6. The van der Waals surface area contributed by atoms with Gasteiger partial charge in [0.1, 0.15) is 12.1 Å². The summed E-state index contributed by atoms with van der Waals surface area (Å²) in [4.78, 5) is 47.6. The maximum absolute atomic E-state index is 12.8. The topological polar surface area (TPSA) is 116 Å². The zero-order valence-electron chi connectivity index (χ0n) is 20.9. The summed E-state index contributed by atoms with van der Waals surface area (Å²) in [5.41, 5.74) is 3.02. The Morgan fingerprint density at radius 3 is 2.49 bits per heavy atom. The number of carbonyl (C=O) groups is 3. The highest BCUT2D eigenvalue weighted by molar-refractivity contribution is 5.95. The van der Waals surface area contributed by atoms with Crippen LogP contribution in [0.3, 0.4) is 0 Å². The molecule has 0 aliphatic carbocycles. The highest BCUT2D eigenvalue weighted by Gasteiger charge is 2.26. The summed E-state index contributed by atoms with van der Waals surface area (Å²) in [6, 6.07) is 18.6. The van der Waals surface area contributed by atoms with Gasteiger partial charge in [-0.25, -0.2) is 9.97 Å². The van der Waals surface area contributed by atoms with E-state index in [-0.39, 0.29) is 23.6 Å². The van der Waals surface area contributed by atoms with Crippen molar-refractivity contribution in [1.29, 1.82) is 0 Å². The lowest BCUT2D eigenvalue weighted by Gasteiger charge is -2.33. The number of amides is 3. The van der Waals surface area contributed by atoms with E-state index in [1.807, 2.05) is 36.4 Å². The molecule has 0 radical (unpaired) electrons. The van der Waals surface area contributed by atoms with Crippen molar-refractivity contribution in [3.05, 3.63) is 72.6 Å². The number of anilines is 2.